The first kappa shape index (κ1) is 19.4. The van der Waals surface area contributed by atoms with E-state index >= 15 is 0 Å². The standard InChI is InChI=1S/C21H18ClN3O3/c1-13-3-6-16(11-18(13)22)24-17-9-10-23-19(12-17)20(26)25-15-7-4-14(5-8-15)21(27)28-2/h3-12H,1-2H3,(H,23,24)(H,25,26). The van der Waals surface area contributed by atoms with Crippen molar-refractivity contribution in [3.63, 3.8) is 0 Å². The first-order chi connectivity index (χ1) is 13.5. The molecule has 0 saturated heterocycles. The lowest BCUT2D eigenvalue weighted by atomic mass is 10.2. The first-order valence-corrected chi connectivity index (χ1v) is 8.83. The van der Waals surface area contributed by atoms with Crippen molar-refractivity contribution in [2.24, 2.45) is 0 Å². The smallest absolute Gasteiger partial charge is 0.337 e. The van der Waals surface area contributed by atoms with Crippen molar-refractivity contribution in [1.29, 1.82) is 0 Å². The Morgan fingerprint density at radius 2 is 1.64 bits per heavy atom. The van der Waals surface area contributed by atoms with E-state index in [-0.39, 0.29) is 11.6 Å². The topological polar surface area (TPSA) is 80.3 Å². The van der Waals surface area contributed by atoms with Crippen LogP contribution in [0.2, 0.25) is 5.02 Å². The third-order valence-corrected chi connectivity index (χ3v) is 4.42. The molecule has 3 aromatic rings. The van der Waals surface area contributed by atoms with Gasteiger partial charge in [0.25, 0.3) is 5.91 Å². The fourth-order valence-corrected chi connectivity index (χ4v) is 2.65. The number of benzene rings is 2. The molecular formula is C21H18ClN3O3. The van der Waals surface area contributed by atoms with Gasteiger partial charge in [0.1, 0.15) is 5.69 Å². The number of esters is 1. The van der Waals surface area contributed by atoms with Gasteiger partial charge in [-0.2, -0.15) is 0 Å². The third kappa shape index (κ3) is 4.66. The van der Waals surface area contributed by atoms with Gasteiger partial charge in [-0.15, -0.1) is 0 Å². The van der Waals surface area contributed by atoms with Crippen LogP contribution >= 0.6 is 11.6 Å². The molecule has 3 rings (SSSR count). The van der Waals surface area contributed by atoms with Crippen LogP contribution in [0.1, 0.15) is 26.4 Å². The molecular weight excluding hydrogens is 378 g/mol. The first-order valence-electron chi connectivity index (χ1n) is 8.45. The van der Waals surface area contributed by atoms with Crippen LogP contribution in [0.5, 0.6) is 0 Å². The molecule has 2 aromatic carbocycles. The largest absolute Gasteiger partial charge is 0.465 e. The Kier molecular flexibility index (Phi) is 5.91. The molecule has 28 heavy (non-hydrogen) atoms. The minimum Gasteiger partial charge on any atom is -0.465 e. The lowest BCUT2D eigenvalue weighted by Gasteiger charge is -2.10. The summed E-state index contributed by atoms with van der Waals surface area (Å²) in [6.07, 6.45) is 1.55. The number of nitrogens with zero attached hydrogens (tertiary/aromatic N) is 1. The van der Waals surface area contributed by atoms with E-state index in [2.05, 4.69) is 20.4 Å². The summed E-state index contributed by atoms with van der Waals surface area (Å²) in [7, 11) is 1.31. The molecule has 7 heteroatoms. The SMILES string of the molecule is COC(=O)c1ccc(NC(=O)c2cc(Nc3ccc(C)c(Cl)c3)ccn2)cc1. The molecule has 0 radical (unpaired) electrons. The van der Waals surface area contributed by atoms with E-state index in [0.29, 0.717) is 22.0 Å². The molecule has 1 heterocycles. The van der Waals surface area contributed by atoms with Crippen molar-refractivity contribution >= 4 is 40.5 Å². The molecule has 0 saturated carbocycles. The number of hydrogen-bond donors (Lipinski definition) is 2. The Bertz CT molecular complexity index is 1020. The predicted molar refractivity (Wildman–Crippen MR) is 109 cm³/mol. The molecule has 1 amide bonds. The number of anilines is 3. The van der Waals surface area contributed by atoms with Gasteiger partial charge in [-0.1, -0.05) is 17.7 Å². The number of halogens is 1. The highest BCUT2D eigenvalue weighted by Gasteiger charge is 2.10. The van der Waals surface area contributed by atoms with Crippen molar-refractivity contribution in [2.75, 3.05) is 17.7 Å². The summed E-state index contributed by atoms with van der Waals surface area (Å²) in [5, 5.41) is 6.61. The Labute approximate surface area is 167 Å². The fourth-order valence-electron chi connectivity index (χ4n) is 2.47. The van der Waals surface area contributed by atoms with E-state index in [9.17, 15) is 9.59 Å². The number of pyridine rings is 1. The van der Waals surface area contributed by atoms with E-state index in [0.717, 1.165) is 11.3 Å². The summed E-state index contributed by atoms with van der Waals surface area (Å²) < 4.78 is 4.65. The van der Waals surface area contributed by atoms with Gasteiger partial charge in [0, 0.05) is 28.3 Å². The zero-order valence-corrected chi connectivity index (χ0v) is 16.1. The number of methoxy groups -OCH3 is 1. The molecule has 0 spiro atoms. The van der Waals surface area contributed by atoms with Gasteiger partial charge in [0.15, 0.2) is 0 Å². The average molecular weight is 396 g/mol. The molecule has 1 aromatic heterocycles. The van der Waals surface area contributed by atoms with E-state index in [1.165, 1.54) is 7.11 Å². The van der Waals surface area contributed by atoms with Crippen LogP contribution in [0, 0.1) is 6.92 Å². The quantitative estimate of drug-likeness (QED) is 0.605. The molecule has 0 bridgehead atoms. The van der Waals surface area contributed by atoms with Crippen molar-refractivity contribution in [3.05, 3.63) is 82.6 Å². The van der Waals surface area contributed by atoms with E-state index in [4.69, 9.17) is 11.6 Å². The summed E-state index contributed by atoms with van der Waals surface area (Å²) in [5.74, 6) is -0.800. The number of hydrogen-bond acceptors (Lipinski definition) is 5. The summed E-state index contributed by atoms with van der Waals surface area (Å²) in [4.78, 5) is 28.1. The lowest BCUT2D eigenvalue weighted by molar-refractivity contribution is 0.0600. The van der Waals surface area contributed by atoms with Gasteiger partial charge in [-0.25, -0.2) is 4.79 Å². The summed E-state index contributed by atoms with van der Waals surface area (Å²) in [5.41, 5.74) is 3.71. The van der Waals surface area contributed by atoms with Crippen LogP contribution in [0.15, 0.2) is 60.8 Å². The minimum absolute atomic E-state index is 0.250. The molecule has 0 aliphatic rings. The van der Waals surface area contributed by atoms with Gasteiger partial charge in [0.2, 0.25) is 0 Å². The molecule has 2 N–H and O–H groups in total. The predicted octanol–water partition coefficient (Wildman–Crippen LogP) is 4.83. The van der Waals surface area contributed by atoms with Crippen molar-refractivity contribution in [3.8, 4) is 0 Å². The van der Waals surface area contributed by atoms with Gasteiger partial charge in [-0.05, 0) is 61.0 Å². The lowest BCUT2D eigenvalue weighted by Crippen LogP contribution is -2.14. The molecule has 6 nitrogen and oxygen atoms in total. The maximum absolute atomic E-state index is 12.5. The monoisotopic (exact) mass is 395 g/mol. The Morgan fingerprint density at radius 1 is 0.964 bits per heavy atom. The third-order valence-electron chi connectivity index (χ3n) is 4.02. The molecule has 0 aliphatic heterocycles. The number of carbonyl (C=O) groups is 2. The zero-order valence-electron chi connectivity index (χ0n) is 15.3. The van der Waals surface area contributed by atoms with Crippen molar-refractivity contribution in [1.82, 2.24) is 4.98 Å². The summed E-state index contributed by atoms with van der Waals surface area (Å²) in [6.45, 7) is 1.93. The maximum Gasteiger partial charge on any atom is 0.337 e. The van der Waals surface area contributed by atoms with Gasteiger partial charge in [0.05, 0.1) is 12.7 Å². The molecule has 0 aliphatic carbocycles. The van der Waals surface area contributed by atoms with Crippen LogP contribution in [-0.2, 0) is 4.74 Å². The van der Waals surface area contributed by atoms with E-state index < -0.39 is 5.97 Å². The van der Waals surface area contributed by atoms with Crippen LogP contribution < -0.4 is 10.6 Å². The molecule has 0 atom stereocenters. The second-order valence-electron chi connectivity index (χ2n) is 6.04. The van der Waals surface area contributed by atoms with Crippen molar-refractivity contribution in [2.45, 2.75) is 6.92 Å². The Balaban J connectivity index is 1.71. The number of aryl methyl sites for hydroxylation is 1. The number of ether oxygens (including phenoxy) is 1. The minimum atomic E-state index is -0.436. The second-order valence-corrected chi connectivity index (χ2v) is 6.45. The highest BCUT2D eigenvalue weighted by atomic mass is 35.5. The van der Waals surface area contributed by atoms with Gasteiger partial charge in [-0.3, -0.25) is 9.78 Å². The number of carbonyl (C=O) groups excluding carboxylic acids is 2. The normalized spacial score (nSPS) is 10.2. The average Bonchev–Trinajstić information content (AvgIpc) is 2.71. The van der Waals surface area contributed by atoms with Crippen LogP contribution in [0.25, 0.3) is 0 Å². The van der Waals surface area contributed by atoms with Crippen LogP contribution in [-0.4, -0.2) is 24.0 Å². The molecule has 142 valence electrons. The fraction of sp³-hybridized carbons (Fsp3) is 0.0952. The zero-order chi connectivity index (χ0) is 20.1. The summed E-state index contributed by atoms with van der Waals surface area (Å²) >= 11 is 6.15. The maximum atomic E-state index is 12.5. The number of amides is 1. The van der Waals surface area contributed by atoms with Gasteiger partial charge < -0.3 is 15.4 Å². The second kappa shape index (κ2) is 8.54. The van der Waals surface area contributed by atoms with Gasteiger partial charge >= 0.3 is 5.97 Å². The van der Waals surface area contributed by atoms with Crippen LogP contribution in [0.3, 0.4) is 0 Å². The van der Waals surface area contributed by atoms with E-state index in [1.807, 2.05) is 25.1 Å². The van der Waals surface area contributed by atoms with Crippen molar-refractivity contribution < 1.29 is 14.3 Å². The highest BCUT2D eigenvalue weighted by molar-refractivity contribution is 6.31. The summed E-state index contributed by atoms with van der Waals surface area (Å²) in [6, 6.07) is 15.5. The molecule has 0 fully saturated rings. The number of aromatic nitrogens is 1. The number of nitrogens with one attached hydrogen (secondary N) is 2. The highest BCUT2D eigenvalue weighted by Crippen LogP contribution is 2.23. The van der Waals surface area contributed by atoms with Crippen LogP contribution in [0.4, 0.5) is 17.1 Å². The van der Waals surface area contributed by atoms with E-state index in [1.54, 1.807) is 42.6 Å². The molecule has 0 unspecified atom stereocenters. The Hall–Kier alpha value is -3.38. The number of rotatable bonds is 5. The Morgan fingerprint density at radius 3 is 2.32 bits per heavy atom.